The quantitative estimate of drug-likeness (QED) is 0.579. The fourth-order valence-electron chi connectivity index (χ4n) is 3.48. The standard InChI is InChI=1S/C19H18N8O/c28-19(16-11-27(12-21-16)15-4-2-1-3-5-15)23-14-6-8-25(10-14)17-18-24-22-13-26(18)9-7-20-17/h1-5,7,9,11-14H,6,8,10H2,(H,23,28)/t14-/m0/s1. The number of carbonyl (C=O) groups is 1. The Morgan fingerprint density at radius 1 is 1.14 bits per heavy atom. The highest BCUT2D eigenvalue weighted by Crippen LogP contribution is 2.21. The van der Waals surface area contributed by atoms with Crippen LogP contribution in [-0.2, 0) is 0 Å². The Labute approximate surface area is 160 Å². The number of aromatic nitrogens is 6. The molecule has 0 radical (unpaired) electrons. The number of anilines is 1. The second-order valence-electron chi connectivity index (χ2n) is 6.72. The fraction of sp³-hybridized carbons (Fsp3) is 0.211. The summed E-state index contributed by atoms with van der Waals surface area (Å²) in [6.07, 6.45) is 9.43. The number of imidazole rings is 1. The molecule has 0 spiro atoms. The summed E-state index contributed by atoms with van der Waals surface area (Å²) in [4.78, 5) is 23.4. The minimum Gasteiger partial charge on any atom is -0.351 e. The summed E-state index contributed by atoms with van der Waals surface area (Å²) < 4.78 is 3.68. The number of nitrogens with zero attached hydrogens (tertiary/aromatic N) is 7. The maximum Gasteiger partial charge on any atom is 0.271 e. The van der Waals surface area contributed by atoms with Crippen molar-refractivity contribution in [2.75, 3.05) is 18.0 Å². The zero-order chi connectivity index (χ0) is 18.9. The van der Waals surface area contributed by atoms with Gasteiger partial charge in [0.25, 0.3) is 5.91 Å². The third-order valence-electron chi connectivity index (χ3n) is 4.89. The third-order valence-corrected chi connectivity index (χ3v) is 4.89. The smallest absolute Gasteiger partial charge is 0.271 e. The lowest BCUT2D eigenvalue weighted by molar-refractivity contribution is 0.0936. The number of para-hydroxylation sites is 1. The van der Waals surface area contributed by atoms with Gasteiger partial charge in [-0.25, -0.2) is 9.97 Å². The second kappa shape index (κ2) is 6.76. The number of rotatable bonds is 4. The van der Waals surface area contributed by atoms with E-state index in [1.807, 2.05) is 45.5 Å². The molecule has 1 N–H and O–H groups in total. The van der Waals surface area contributed by atoms with E-state index in [4.69, 9.17) is 0 Å². The lowest BCUT2D eigenvalue weighted by Gasteiger charge is -2.17. The molecule has 1 aliphatic rings. The number of carbonyl (C=O) groups excluding carboxylic acids is 1. The monoisotopic (exact) mass is 374 g/mol. The van der Waals surface area contributed by atoms with Crippen molar-refractivity contribution in [3.63, 3.8) is 0 Å². The number of hydrogen-bond donors (Lipinski definition) is 1. The molecule has 9 heteroatoms. The number of benzene rings is 1. The molecule has 1 fully saturated rings. The molecule has 5 rings (SSSR count). The molecule has 0 aliphatic carbocycles. The van der Waals surface area contributed by atoms with Crippen LogP contribution in [0.15, 0.2) is 61.6 Å². The Bertz CT molecular complexity index is 1120. The van der Waals surface area contributed by atoms with Crippen LogP contribution in [0.4, 0.5) is 5.82 Å². The molecule has 140 valence electrons. The van der Waals surface area contributed by atoms with Gasteiger partial charge < -0.3 is 14.8 Å². The first-order valence-corrected chi connectivity index (χ1v) is 9.07. The summed E-state index contributed by atoms with van der Waals surface area (Å²) >= 11 is 0. The van der Waals surface area contributed by atoms with E-state index in [0.717, 1.165) is 30.1 Å². The van der Waals surface area contributed by atoms with E-state index in [2.05, 4.69) is 30.4 Å². The Balaban J connectivity index is 1.27. The van der Waals surface area contributed by atoms with Crippen molar-refractivity contribution < 1.29 is 4.79 Å². The zero-order valence-electron chi connectivity index (χ0n) is 15.0. The van der Waals surface area contributed by atoms with Gasteiger partial charge in [-0.05, 0) is 18.6 Å². The van der Waals surface area contributed by atoms with Crippen LogP contribution in [0.5, 0.6) is 0 Å². The molecule has 4 heterocycles. The van der Waals surface area contributed by atoms with Crippen molar-refractivity contribution in [3.05, 3.63) is 67.3 Å². The van der Waals surface area contributed by atoms with Crippen LogP contribution >= 0.6 is 0 Å². The van der Waals surface area contributed by atoms with Gasteiger partial charge in [-0.3, -0.25) is 9.20 Å². The molecule has 3 aromatic heterocycles. The number of nitrogens with one attached hydrogen (secondary N) is 1. The molecule has 1 saturated heterocycles. The molecular formula is C19H18N8O. The third kappa shape index (κ3) is 2.96. The van der Waals surface area contributed by atoms with E-state index in [0.29, 0.717) is 12.2 Å². The molecule has 28 heavy (non-hydrogen) atoms. The SMILES string of the molecule is O=C(N[C@H]1CCN(c2nccn3cnnc23)C1)c1cn(-c2ccccc2)cn1. The van der Waals surface area contributed by atoms with Gasteiger partial charge in [-0.2, -0.15) is 0 Å². The Morgan fingerprint density at radius 3 is 2.93 bits per heavy atom. The number of amides is 1. The van der Waals surface area contributed by atoms with Gasteiger partial charge in [0, 0.05) is 43.4 Å². The molecule has 1 amide bonds. The number of fused-ring (bicyclic) bond motifs is 1. The lowest BCUT2D eigenvalue weighted by Crippen LogP contribution is -2.37. The van der Waals surface area contributed by atoms with Crippen molar-refractivity contribution in [3.8, 4) is 5.69 Å². The highest BCUT2D eigenvalue weighted by molar-refractivity contribution is 5.92. The highest BCUT2D eigenvalue weighted by atomic mass is 16.2. The van der Waals surface area contributed by atoms with E-state index < -0.39 is 0 Å². The predicted octanol–water partition coefficient (Wildman–Crippen LogP) is 1.32. The molecule has 4 aromatic rings. The molecule has 0 saturated carbocycles. The molecule has 1 aliphatic heterocycles. The Morgan fingerprint density at radius 2 is 2.04 bits per heavy atom. The Kier molecular flexibility index (Phi) is 3.97. The van der Waals surface area contributed by atoms with Crippen molar-refractivity contribution in [1.29, 1.82) is 0 Å². The zero-order valence-corrected chi connectivity index (χ0v) is 15.0. The molecule has 9 nitrogen and oxygen atoms in total. The van der Waals surface area contributed by atoms with Crippen molar-refractivity contribution in [2.24, 2.45) is 0 Å². The van der Waals surface area contributed by atoms with Crippen LogP contribution in [-0.4, -0.2) is 54.2 Å². The second-order valence-corrected chi connectivity index (χ2v) is 6.72. The molecular weight excluding hydrogens is 356 g/mol. The van der Waals surface area contributed by atoms with Gasteiger partial charge in [0.1, 0.15) is 18.3 Å². The van der Waals surface area contributed by atoms with E-state index in [1.54, 1.807) is 25.0 Å². The first-order chi connectivity index (χ1) is 13.8. The van der Waals surface area contributed by atoms with Crippen LogP contribution in [0.1, 0.15) is 16.9 Å². The van der Waals surface area contributed by atoms with Crippen LogP contribution in [0.2, 0.25) is 0 Å². The summed E-state index contributed by atoms with van der Waals surface area (Å²) in [6.45, 7) is 1.47. The van der Waals surface area contributed by atoms with Gasteiger partial charge in [-0.15, -0.1) is 10.2 Å². The summed E-state index contributed by atoms with van der Waals surface area (Å²) in [6, 6.07) is 9.82. The topological polar surface area (TPSA) is 93.2 Å². The normalized spacial score (nSPS) is 16.6. The summed E-state index contributed by atoms with van der Waals surface area (Å²) in [5, 5.41) is 11.1. The predicted molar refractivity (Wildman–Crippen MR) is 102 cm³/mol. The van der Waals surface area contributed by atoms with Crippen LogP contribution in [0, 0.1) is 0 Å². The first-order valence-electron chi connectivity index (χ1n) is 9.07. The van der Waals surface area contributed by atoms with Crippen LogP contribution in [0.3, 0.4) is 0 Å². The van der Waals surface area contributed by atoms with E-state index in [1.165, 1.54) is 0 Å². The molecule has 1 atom stereocenters. The van der Waals surface area contributed by atoms with Gasteiger partial charge in [0.15, 0.2) is 5.82 Å². The van der Waals surface area contributed by atoms with Gasteiger partial charge in [0.2, 0.25) is 5.65 Å². The fourth-order valence-corrected chi connectivity index (χ4v) is 3.48. The first kappa shape index (κ1) is 16.4. The van der Waals surface area contributed by atoms with Crippen LogP contribution < -0.4 is 10.2 Å². The largest absolute Gasteiger partial charge is 0.351 e. The maximum absolute atomic E-state index is 12.6. The highest BCUT2D eigenvalue weighted by Gasteiger charge is 2.27. The maximum atomic E-state index is 12.6. The summed E-state index contributed by atoms with van der Waals surface area (Å²) in [5.74, 6) is 0.611. The Hall–Kier alpha value is -3.75. The minimum absolute atomic E-state index is 0.0272. The molecule has 0 bridgehead atoms. The van der Waals surface area contributed by atoms with Gasteiger partial charge in [0.05, 0.1) is 0 Å². The number of hydrogen-bond acceptors (Lipinski definition) is 6. The van der Waals surface area contributed by atoms with Crippen molar-refractivity contribution >= 4 is 17.4 Å². The summed E-state index contributed by atoms with van der Waals surface area (Å²) in [5.41, 5.74) is 2.09. The minimum atomic E-state index is -0.171. The van der Waals surface area contributed by atoms with E-state index in [9.17, 15) is 4.79 Å². The average molecular weight is 374 g/mol. The lowest BCUT2D eigenvalue weighted by atomic mass is 10.2. The molecule has 0 unspecified atom stereocenters. The van der Waals surface area contributed by atoms with Gasteiger partial charge >= 0.3 is 0 Å². The van der Waals surface area contributed by atoms with E-state index in [-0.39, 0.29) is 11.9 Å². The van der Waals surface area contributed by atoms with Crippen molar-refractivity contribution in [2.45, 2.75) is 12.5 Å². The van der Waals surface area contributed by atoms with E-state index >= 15 is 0 Å². The van der Waals surface area contributed by atoms with Crippen LogP contribution in [0.25, 0.3) is 11.3 Å². The van der Waals surface area contributed by atoms with Crippen molar-refractivity contribution in [1.82, 2.24) is 34.4 Å². The van der Waals surface area contributed by atoms with Gasteiger partial charge in [-0.1, -0.05) is 18.2 Å². The molecule has 1 aromatic carbocycles. The average Bonchev–Trinajstić information content (AvgIpc) is 3.48. The summed E-state index contributed by atoms with van der Waals surface area (Å²) in [7, 11) is 0.